The molecule has 1 nitrogen and oxygen atoms in total. The topological polar surface area (TPSA) is 3.24 Å². The zero-order valence-corrected chi connectivity index (χ0v) is 29.7. The lowest BCUT2D eigenvalue weighted by molar-refractivity contribution is 0.490. The zero-order valence-electron chi connectivity index (χ0n) is 29.7. The number of nitrogens with zero attached hydrogens (tertiary/aromatic N) is 1. The Balaban J connectivity index is 1.10. The Morgan fingerprint density at radius 2 is 0.922 bits per heavy atom. The van der Waals surface area contributed by atoms with E-state index in [4.69, 9.17) is 0 Å². The normalized spacial score (nSPS) is 12.8. The fourth-order valence-corrected chi connectivity index (χ4v) is 8.20. The molecule has 0 spiro atoms. The second-order valence-electron chi connectivity index (χ2n) is 13.6. The molecule has 0 amide bonds. The molecule has 0 radical (unpaired) electrons. The van der Waals surface area contributed by atoms with Crippen LogP contribution in [0, 0.1) is 6.92 Å². The molecule has 0 bridgehead atoms. The summed E-state index contributed by atoms with van der Waals surface area (Å²) in [5, 5.41) is 0. The first-order valence-corrected chi connectivity index (χ1v) is 18.2. The van der Waals surface area contributed by atoms with Gasteiger partial charge in [0.05, 0.1) is 0 Å². The molecule has 0 atom stereocenters. The molecule has 0 fully saturated rings. The molecule has 0 aromatic heterocycles. The van der Waals surface area contributed by atoms with Gasteiger partial charge in [0, 0.05) is 22.5 Å². The van der Waals surface area contributed by atoms with E-state index in [9.17, 15) is 0 Å². The molecule has 8 rings (SSSR count). The van der Waals surface area contributed by atoms with Crippen LogP contribution < -0.4 is 4.90 Å². The van der Waals surface area contributed by atoms with Crippen LogP contribution in [0.15, 0.2) is 170 Å². The van der Waals surface area contributed by atoms with Gasteiger partial charge in [0.2, 0.25) is 0 Å². The Morgan fingerprint density at radius 3 is 1.51 bits per heavy atom. The lowest BCUT2D eigenvalue weighted by Crippen LogP contribution is -2.23. The molecular weight excluding hydrogens is 615 g/mol. The van der Waals surface area contributed by atoms with E-state index < -0.39 is 0 Å². The van der Waals surface area contributed by atoms with Crippen molar-refractivity contribution >= 4 is 29.2 Å². The predicted molar refractivity (Wildman–Crippen MR) is 219 cm³/mol. The maximum Gasteiger partial charge on any atom is 0.0465 e. The lowest BCUT2D eigenvalue weighted by Gasteiger charge is -2.32. The van der Waals surface area contributed by atoms with Crippen LogP contribution in [0.2, 0.25) is 0 Å². The molecular formula is C50H43N. The second-order valence-corrected chi connectivity index (χ2v) is 13.6. The molecule has 0 saturated carbocycles. The second kappa shape index (κ2) is 13.8. The molecule has 1 aliphatic carbocycles. The Morgan fingerprint density at radius 1 is 0.431 bits per heavy atom. The number of benzene rings is 7. The molecule has 0 unspecified atom stereocenters. The zero-order chi connectivity index (χ0) is 34.8. The van der Waals surface area contributed by atoms with Gasteiger partial charge in [0.15, 0.2) is 0 Å². The summed E-state index contributed by atoms with van der Waals surface area (Å²) < 4.78 is 0. The number of rotatable bonds is 9. The molecule has 0 heterocycles. The van der Waals surface area contributed by atoms with E-state index in [-0.39, 0.29) is 5.41 Å². The van der Waals surface area contributed by atoms with Crippen molar-refractivity contribution in [2.24, 2.45) is 0 Å². The highest BCUT2D eigenvalue weighted by molar-refractivity contribution is 5.87. The summed E-state index contributed by atoms with van der Waals surface area (Å²) in [6.07, 6.45) is 6.61. The van der Waals surface area contributed by atoms with Gasteiger partial charge >= 0.3 is 0 Å². The minimum atomic E-state index is -0.0443. The summed E-state index contributed by atoms with van der Waals surface area (Å²) in [5.41, 5.74) is 17.9. The first kappa shape index (κ1) is 32.3. The standard InChI is InChI=1S/C50H43N/c1-4-50(5-2)48-34-38(25-24-37-26-29-40(30-27-37)45-23-15-22-44(36(45)3)39-16-9-6-10-17-39)28-32-46(48)47-33-31-43(35-49(47)50)51(41-18-11-7-12-19-41)42-20-13-8-14-21-42/h6-35H,4-5H2,1-3H3/b25-24+. The van der Waals surface area contributed by atoms with Crippen LogP contribution in [-0.4, -0.2) is 0 Å². The van der Waals surface area contributed by atoms with Crippen molar-refractivity contribution in [3.8, 4) is 33.4 Å². The maximum atomic E-state index is 2.46. The third-order valence-corrected chi connectivity index (χ3v) is 11.0. The first-order chi connectivity index (χ1) is 25.1. The number of para-hydroxylation sites is 2. The van der Waals surface area contributed by atoms with E-state index in [0.717, 1.165) is 24.2 Å². The minimum Gasteiger partial charge on any atom is -0.310 e. The van der Waals surface area contributed by atoms with Gasteiger partial charge in [-0.15, -0.1) is 0 Å². The average Bonchev–Trinajstić information content (AvgIpc) is 3.47. The van der Waals surface area contributed by atoms with E-state index in [1.165, 1.54) is 66.9 Å². The van der Waals surface area contributed by atoms with Crippen LogP contribution in [0.3, 0.4) is 0 Å². The van der Waals surface area contributed by atoms with Gasteiger partial charge in [-0.05, 0) is 117 Å². The molecule has 0 aliphatic heterocycles. The molecule has 51 heavy (non-hydrogen) atoms. The minimum absolute atomic E-state index is 0.0443. The maximum absolute atomic E-state index is 2.46. The van der Waals surface area contributed by atoms with Crippen molar-refractivity contribution < 1.29 is 0 Å². The first-order valence-electron chi connectivity index (χ1n) is 18.2. The van der Waals surface area contributed by atoms with E-state index in [1.807, 2.05) is 0 Å². The third-order valence-electron chi connectivity index (χ3n) is 11.0. The molecule has 1 aliphatic rings. The van der Waals surface area contributed by atoms with Crippen LogP contribution in [0.5, 0.6) is 0 Å². The Bertz CT molecular complexity index is 2270. The van der Waals surface area contributed by atoms with Crippen molar-refractivity contribution in [2.45, 2.75) is 39.0 Å². The summed E-state index contributed by atoms with van der Waals surface area (Å²) in [6, 6.07) is 61.8. The van der Waals surface area contributed by atoms with Gasteiger partial charge in [-0.2, -0.15) is 0 Å². The van der Waals surface area contributed by atoms with Gasteiger partial charge < -0.3 is 4.90 Å². The SMILES string of the molecule is CCC1(CC)c2cc(/C=C/c3ccc(-c4cccc(-c5ccccc5)c4C)cc3)ccc2-c2ccc(N(c3ccccc3)c3ccccc3)cc21. The van der Waals surface area contributed by atoms with Gasteiger partial charge in [0.25, 0.3) is 0 Å². The number of fused-ring (bicyclic) bond motifs is 3. The number of anilines is 3. The fraction of sp³-hybridized carbons (Fsp3) is 0.120. The Kier molecular flexibility index (Phi) is 8.72. The van der Waals surface area contributed by atoms with Crippen LogP contribution in [-0.2, 0) is 5.41 Å². The molecule has 248 valence electrons. The van der Waals surface area contributed by atoms with E-state index >= 15 is 0 Å². The van der Waals surface area contributed by atoms with Gasteiger partial charge in [0.1, 0.15) is 0 Å². The average molecular weight is 658 g/mol. The monoisotopic (exact) mass is 657 g/mol. The van der Waals surface area contributed by atoms with Crippen LogP contribution >= 0.6 is 0 Å². The van der Waals surface area contributed by atoms with Crippen molar-refractivity contribution in [1.29, 1.82) is 0 Å². The molecule has 7 aromatic rings. The smallest absolute Gasteiger partial charge is 0.0465 e. The van der Waals surface area contributed by atoms with Crippen molar-refractivity contribution in [3.63, 3.8) is 0 Å². The lowest BCUT2D eigenvalue weighted by atomic mass is 9.73. The summed E-state index contributed by atoms with van der Waals surface area (Å²) in [4.78, 5) is 2.38. The van der Waals surface area contributed by atoms with Crippen molar-refractivity contribution in [1.82, 2.24) is 0 Å². The van der Waals surface area contributed by atoms with E-state index in [0.29, 0.717) is 0 Å². The third kappa shape index (κ3) is 5.89. The van der Waals surface area contributed by atoms with Crippen LogP contribution in [0.25, 0.3) is 45.5 Å². The van der Waals surface area contributed by atoms with Crippen molar-refractivity contribution in [2.75, 3.05) is 4.90 Å². The highest BCUT2D eigenvalue weighted by Crippen LogP contribution is 2.54. The predicted octanol–water partition coefficient (Wildman–Crippen LogP) is 14.1. The summed E-state index contributed by atoms with van der Waals surface area (Å²) in [6.45, 7) is 6.93. The summed E-state index contributed by atoms with van der Waals surface area (Å²) >= 11 is 0. The Labute approximate surface area is 303 Å². The van der Waals surface area contributed by atoms with Crippen LogP contribution in [0.1, 0.15) is 54.5 Å². The van der Waals surface area contributed by atoms with Gasteiger partial charge in [-0.25, -0.2) is 0 Å². The van der Waals surface area contributed by atoms with Gasteiger partial charge in [-0.1, -0.05) is 159 Å². The van der Waals surface area contributed by atoms with E-state index in [2.05, 4.69) is 208 Å². The summed E-state index contributed by atoms with van der Waals surface area (Å²) in [5.74, 6) is 0. The van der Waals surface area contributed by atoms with Gasteiger partial charge in [-0.3, -0.25) is 0 Å². The summed E-state index contributed by atoms with van der Waals surface area (Å²) in [7, 11) is 0. The fourth-order valence-electron chi connectivity index (χ4n) is 8.20. The Hall–Kier alpha value is -5.92. The molecule has 1 heteroatoms. The largest absolute Gasteiger partial charge is 0.310 e. The van der Waals surface area contributed by atoms with Crippen molar-refractivity contribution in [3.05, 3.63) is 198 Å². The van der Waals surface area contributed by atoms with Crippen LogP contribution in [0.4, 0.5) is 17.1 Å². The number of hydrogen-bond acceptors (Lipinski definition) is 1. The quantitative estimate of drug-likeness (QED) is 0.140. The molecule has 0 N–H and O–H groups in total. The molecule has 7 aromatic carbocycles. The highest BCUT2D eigenvalue weighted by atomic mass is 15.1. The van der Waals surface area contributed by atoms with E-state index in [1.54, 1.807) is 0 Å². The highest BCUT2D eigenvalue weighted by Gasteiger charge is 2.41. The number of hydrogen-bond donors (Lipinski definition) is 0. The molecule has 0 saturated heterocycles.